The summed E-state index contributed by atoms with van der Waals surface area (Å²) >= 11 is 0. The molecule has 2 aliphatic heterocycles. The van der Waals surface area contributed by atoms with Crippen molar-refractivity contribution in [2.45, 2.75) is 128 Å². The molecule has 9 N–H and O–H groups in total. The predicted molar refractivity (Wildman–Crippen MR) is 259 cm³/mol. The number of benzene rings is 2. The summed E-state index contributed by atoms with van der Waals surface area (Å²) in [5.41, 5.74) is 5.69. The molecule has 4 heterocycles. The van der Waals surface area contributed by atoms with Crippen LogP contribution in [0, 0.1) is 12.7 Å². The Balaban J connectivity index is 1.05. The molecular weight excluding hydrogens is 936 g/mol. The Labute approximate surface area is 414 Å². The molecule has 7 rings (SSSR count). The summed E-state index contributed by atoms with van der Waals surface area (Å²) in [5.74, 6) is -5.19. The minimum atomic E-state index is -2.26. The SMILES string of the molecule is CC[C@@]1(O)C(=O)OC(CC(C)(C)OC(=O)NCC(=O)NCC(=O)N[C@@H](CCc2ccccc2)C(=O)NCC(=O)O)c2c1cc1n(c2=O)Cc2c-1nc1cc(F)c(C)c3c1c2[C@@H](NC(=O)CCCCCN)CC3. The van der Waals surface area contributed by atoms with E-state index in [4.69, 9.17) is 25.3 Å². The van der Waals surface area contributed by atoms with Crippen LogP contribution >= 0.6 is 0 Å². The van der Waals surface area contributed by atoms with Crippen molar-refractivity contribution in [2.24, 2.45) is 5.73 Å². The molecule has 3 aliphatic rings. The summed E-state index contributed by atoms with van der Waals surface area (Å²) < 4.78 is 28.4. The number of carboxylic acids is 1. The van der Waals surface area contributed by atoms with E-state index in [0.717, 1.165) is 29.5 Å². The number of hydrogen-bond donors (Lipinski definition) is 8. The molecule has 2 aromatic heterocycles. The van der Waals surface area contributed by atoms with Gasteiger partial charge >= 0.3 is 18.0 Å². The fraction of sp³-hybridized carbons (Fsp3) is 0.471. The Morgan fingerprint density at radius 3 is 2.42 bits per heavy atom. The number of rotatable bonds is 21. The normalized spacial score (nSPS) is 17.9. The second kappa shape index (κ2) is 22.0. The third-order valence-corrected chi connectivity index (χ3v) is 13.5. The van der Waals surface area contributed by atoms with Gasteiger partial charge in [0.1, 0.15) is 36.7 Å². The van der Waals surface area contributed by atoms with Crippen LogP contribution in [0.25, 0.3) is 22.3 Å². The van der Waals surface area contributed by atoms with E-state index in [1.165, 1.54) is 30.5 Å². The third kappa shape index (κ3) is 11.4. The summed E-state index contributed by atoms with van der Waals surface area (Å²) in [6.07, 6.45) is 1.16. The van der Waals surface area contributed by atoms with E-state index in [0.29, 0.717) is 60.0 Å². The standard InChI is InChI=1S/C51H61FN8O12/c1-5-51(70)31-20-36-45-30(43-33(57-38(61)14-10-7-11-19-53)18-16-29-27(2)32(52)21-35(59-45)42(29)43)26-60(36)47(67)44(31)37(71-48(51)68)22-50(3,4)72-49(69)56-23-39(62)54-24-40(63)58-34(46(66)55-25-41(64)65)17-15-28-12-8-6-9-13-28/h6,8-9,12-13,20-21,33-34,37,70H,5,7,10-11,14-19,22-26,53H2,1-4H3,(H,54,62)(H,55,66)(H,56,69)(H,57,61)(H,58,63)(H,64,65)/t33-,34-,37?,51-/m0/s1. The number of amides is 5. The van der Waals surface area contributed by atoms with Crippen molar-refractivity contribution in [1.82, 2.24) is 36.1 Å². The summed E-state index contributed by atoms with van der Waals surface area (Å²) in [7, 11) is 0. The van der Waals surface area contributed by atoms with Crippen LogP contribution in [0.5, 0.6) is 0 Å². The van der Waals surface area contributed by atoms with Gasteiger partial charge in [-0.25, -0.2) is 19.0 Å². The number of ether oxygens (including phenoxy) is 2. The predicted octanol–water partition coefficient (Wildman–Crippen LogP) is 3.02. The highest BCUT2D eigenvalue weighted by molar-refractivity contribution is 5.94. The van der Waals surface area contributed by atoms with Crippen LogP contribution in [0.3, 0.4) is 0 Å². The minimum absolute atomic E-state index is 0.00198. The second-order valence-corrected chi connectivity index (χ2v) is 19.1. The van der Waals surface area contributed by atoms with Crippen molar-refractivity contribution in [3.05, 3.63) is 97.6 Å². The maximum atomic E-state index is 15.5. The Hall–Kier alpha value is -7.26. The van der Waals surface area contributed by atoms with Crippen LogP contribution in [0.2, 0.25) is 0 Å². The molecule has 0 spiro atoms. The Morgan fingerprint density at radius 1 is 0.972 bits per heavy atom. The first-order valence-corrected chi connectivity index (χ1v) is 24.2. The molecule has 0 saturated carbocycles. The lowest BCUT2D eigenvalue weighted by Crippen LogP contribution is -2.51. The number of carboxylic acid groups (broad SMARTS) is 1. The van der Waals surface area contributed by atoms with Gasteiger partial charge in [0.2, 0.25) is 23.6 Å². The number of alkyl carbamates (subject to hydrolysis) is 1. The molecule has 0 bridgehead atoms. The molecule has 1 aliphatic carbocycles. The van der Waals surface area contributed by atoms with Gasteiger partial charge in [0, 0.05) is 35.4 Å². The molecule has 21 heteroatoms. The Morgan fingerprint density at radius 2 is 1.71 bits per heavy atom. The molecule has 0 saturated heterocycles. The van der Waals surface area contributed by atoms with E-state index in [1.54, 1.807) is 13.8 Å². The Kier molecular flexibility index (Phi) is 16.1. The molecule has 72 heavy (non-hydrogen) atoms. The first-order chi connectivity index (χ1) is 34.2. The van der Waals surface area contributed by atoms with E-state index in [1.807, 2.05) is 30.3 Å². The van der Waals surface area contributed by atoms with E-state index in [9.17, 15) is 43.5 Å². The van der Waals surface area contributed by atoms with E-state index in [-0.39, 0.29) is 55.0 Å². The van der Waals surface area contributed by atoms with Crippen LogP contribution in [-0.2, 0) is 63.2 Å². The molecule has 4 atom stereocenters. The van der Waals surface area contributed by atoms with Crippen LogP contribution in [0.4, 0.5) is 9.18 Å². The topological polar surface area (TPSA) is 299 Å². The highest BCUT2D eigenvalue weighted by atomic mass is 19.1. The second-order valence-electron chi connectivity index (χ2n) is 19.1. The molecule has 384 valence electrons. The zero-order valence-electron chi connectivity index (χ0n) is 40.7. The Bertz CT molecular complexity index is 2870. The number of nitrogens with zero attached hydrogens (tertiary/aromatic N) is 2. The van der Waals surface area contributed by atoms with Gasteiger partial charge in [-0.1, -0.05) is 43.7 Å². The summed E-state index contributed by atoms with van der Waals surface area (Å²) in [5, 5.41) is 34.2. The van der Waals surface area contributed by atoms with Crippen LogP contribution in [0.15, 0.2) is 47.3 Å². The van der Waals surface area contributed by atoms with Gasteiger partial charge in [0.25, 0.3) is 5.56 Å². The van der Waals surface area contributed by atoms with Gasteiger partial charge in [0.15, 0.2) is 5.60 Å². The number of pyridine rings is 2. The molecule has 0 radical (unpaired) electrons. The average molecular weight is 997 g/mol. The zero-order chi connectivity index (χ0) is 52.1. The number of nitrogens with one attached hydrogen (secondary N) is 5. The first kappa shape index (κ1) is 52.6. The van der Waals surface area contributed by atoms with Gasteiger partial charge in [-0.15, -0.1) is 0 Å². The van der Waals surface area contributed by atoms with Crippen molar-refractivity contribution >= 4 is 52.6 Å². The number of fused-ring (bicyclic) bond motifs is 5. The lowest BCUT2D eigenvalue weighted by Gasteiger charge is -2.38. The molecule has 2 aromatic carbocycles. The minimum Gasteiger partial charge on any atom is -0.480 e. The van der Waals surface area contributed by atoms with Gasteiger partial charge < -0.3 is 56.6 Å². The number of halogens is 1. The molecule has 5 amide bonds. The highest BCUT2D eigenvalue weighted by Crippen LogP contribution is 2.48. The number of aryl methyl sites for hydroxylation is 2. The van der Waals surface area contributed by atoms with E-state index in [2.05, 4.69) is 26.6 Å². The molecule has 1 unspecified atom stereocenters. The monoisotopic (exact) mass is 996 g/mol. The fourth-order valence-electron chi connectivity index (χ4n) is 9.79. The largest absolute Gasteiger partial charge is 0.480 e. The number of esters is 1. The summed E-state index contributed by atoms with van der Waals surface area (Å²) in [6, 6.07) is 10.4. The highest BCUT2D eigenvalue weighted by Gasteiger charge is 2.50. The number of cyclic esters (lactones) is 1. The van der Waals surface area contributed by atoms with Crippen LogP contribution in [-0.4, -0.2) is 99.2 Å². The molecule has 4 aromatic rings. The van der Waals surface area contributed by atoms with Crippen molar-refractivity contribution in [1.29, 1.82) is 0 Å². The van der Waals surface area contributed by atoms with Crippen LogP contribution in [0.1, 0.15) is 123 Å². The van der Waals surface area contributed by atoms with Crippen molar-refractivity contribution in [3.8, 4) is 11.4 Å². The molecular formula is C51H61FN8O12. The summed E-state index contributed by atoms with van der Waals surface area (Å²) in [6.45, 7) is 4.90. The zero-order valence-corrected chi connectivity index (χ0v) is 40.7. The number of hydrogen-bond acceptors (Lipinski definition) is 13. The van der Waals surface area contributed by atoms with Gasteiger partial charge in [-0.05, 0) is 101 Å². The van der Waals surface area contributed by atoms with Gasteiger partial charge in [-0.3, -0.25) is 28.8 Å². The number of aliphatic hydroxyl groups is 1. The first-order valence-electron chi connectivity index (χ1n) is 24.2. The molecule has 0 fully saturated rings. The quantitative estimate of drug-likeness (QED) is 0.0388. The van der Waals surface area contributed by atoms with E-state index < -0.39 is 96.2 Å². The number of unbranched alkanes of at least 4 members (excludes halogenated alkanes) is 2. The summed E-state index contributed by atoms with van der Waals surface area (Å²) in [4.78, 5) is 109. The smallest absolute Gasteiger partial charge is 0.408 e. The number of aromatic nitrogens is 2. The third-order valence-electron chi connectivity index (χ3n) is 13.5. The van der Waals surface area contributed by atoms with Crippen molar-refractivity contribution in [2.75, 3.05) is 26.2 Å². The van der Waals surface area contributed by atoms with E-state index >= 15 is 4.39 Å². The van der Waals surface area contributed by atoms with Crippen LogP contribution < -0.4 is 37.9 Å². The molecule has 20 nitrogen and oxygen atoms in total. The number of nitrogens with two attached hydrogens (primary N) is 1. The lowest BCUT2D eigenvalue weighted by molar-refractivity contribution is -0.181. The fourth-order valence-corrected chi connectivity index (χ4v) is 9.79. The van der Waals surface area contributed by atoms with Gasteiger partial charge in [-0.2, -0.15) is 0 Å². The van der Waals surface area contributed by atoms with Crippen molar-refractivity contribution < 1.29 is 57.6 Å². The number of carbonyl (C=O) groups is 7. The number of carbonyl (C=O) groups excluding carboxylic acids is 6. The number of aliphatic carboxylic acids is 1. The maximum absolute atomic E-state index is 15.5. The maximum Gasteiger partial charge on any atom is 0.408 e. The average Bonchev–Trinajstić information content (AvgIpc) is 3.71. The van der Waals surface area contributed by atoms with Gasteiger partial charge in [0.05, 0.1) is 41.6 Å². The lowest BCUT2D eigenvalue weighted by atomic mass is 9.80. The van der Waals surface area contributed by atoms with Crippen molar-refractivity contribution in [3.63, 3.8) is 0 Å².